The molecule has 1 aromatic carbocycles. The van der Waals surface area contributed by atoms with Crippen molar-refractivity contribution in [1.29, 1.82) is 0 Å². The summed E-state index contributed by atoms with van der Waals surface area (Å²) < 4.78 is 18.1. The molecule has 0 spiro atoms. The van der Waals surface area contributed by atoms with Crippen LogP contribution in [0.5, 0.6) is 0 Å². The van der Waals surface area contributed by atoms with E-state index in [4.69, 9.17) is 4.74 Å². The van der Waals surface area contributed by atoms with Crippen molar-refractivity contribution in [3.05, 3.63) is 30.1 Å². The molecule has 128 valence electrons. The fraction of sp³-hybridized carbons (Fsp3) is 0.467. The first-order valence-corrected chi connectivity index (χ1v) is 7.28. The molecule has 1 unspecified atom stereocenters. The van der Waals surface area contributed by atoms with Crippen LogP contribution < -0.4 is 16.0 Å². The van der Waals surface area contributed by atoms with Gasteiger partial charge in [-0.1, -0.05) is 0 Å². The van der Waals surface area contributed by atoms with E-state index in [-0.39, 0.29) is 49.2 Å². The van der Waals surface area contributed by atoms with Gasteiger partial charge in [0.2, 0.25) is 11.8 Å². The van der Waals surface area contributed by atoms with Crippen molar-refractivity contribution >= 4 is 29.9 Å². The van der Waals surface area contributed by atoms with Gasteiger partial charge in [0.15, 0.2) is 0 Å². The first kappa shape index (κ1) is 19.3. The maximum Gasteiger partial charge on any atom is 0.243 e. The lowest BCUT2D eigenvalue weighted by atomic mass is 10.2. The van der Waals surface area contributed by atoms with E-state index in [9.17, 15) is 14.0 Å². The minimum Gasteiger partial charge on any atom is -0.377 e. The Balaban J connectivity index is 0.00000264. The van der Waals surface area contributed by atoms with Gasteiger partial charge >= 0.3 is 0 Å². The Labute approximate surface area is 140 Å². The first-order chi connectivity index (χ1) is 10.6. The summed E-state index contributed by atoms with van der Waals surface area (Å²) in [5.74, 6) is -0.991. The van der Waals surface area contributed by atoms with Crippen molar-refractivity contribution in [2.75, 3.05) is 31.6 Å². The van der Waals surface area contributed by atoms with Crippen molar-refractivity contribution in [3.63, 3.8) is 0 Å². The monoisotopic (exact) mass is 345 g/mol. The minimum absolute atomic E-state index is 0. The summed E-state index contributed by atoms with van der Waals surface area (Å²) >= 11 is 0. The number of ether oxygens (including phenoxy) is 1. The van der Waals surface area contributed by atoms with Gasteiger partial charge in [-0.2, -0.15) is 0 Å². The van der Waals surface area contributed by atoms with Gasteiger partial charge in [-0.05, 0) is 37.1 Å². The van der Waals surface area contributed by atoms with Crippen LogP contribution in [-0.4, -0.2) is 44.2 Å². The standard InChI is InChI=1S/C15H20FN3O3.ClH/c16-11-3-5-12(6-4-11)19-15(21)10-18-14(20)9-17-8-13-2-1-7-22-13;/h3-6,13,17H,1-2,7-10H2,(H,18,20)(H,19,21);1H. The molecule has 0 saturated carbocycles. The summed E-state index contributed by atoms with van der Waals surface area (Å²) in [6, 6.07) is 5.42. The lowest BCUT2D eigenvalue weighted by molar-refractivity contribution is -0.123. The molecule has 3 N–H and O–H groups in total. The number of anilines is 1. The molecular weight excluding hydrogens is 325 g/mol. The Bertz CT molecular complexity index is 507. The smallest absolute Gasteiger partial charge is 0.243 e. The van der Waals surface area contributed by atoms with Crippen LogP contribution in [0.3, 0.4) is 0 Å². The number of hydrogen-bond acceptors (Lipinski definition) is 4. The topological polar surface area (TPSA) is 79.5 Å². The molecule has 2 rings (SSSR count). The summed E-state index contributed by atoms with van der Waals surface area (Å²) in [5.41, 5.74) is 0.483. The van der Waals surface area contributed by atoms with Crippen LogP contribution in [0.1, 0.15) is 12.8 Å². The quantitative estimate of drug-likeness (QED) is 0.690. The van der Waals surface area contributed by atoms with Gasteiger partial charge < -0.3 is 20.7 Å². The van der Waals surface area contributed by atoms with Gasteiger partial charge in [0, 0.05) is 18.8 Å². The highest BCUT2D eigenvalue weighted by Gasteiger charge is 2.15. The summed E-state index contributed by atoms with van der Waals surface area (Å²) in [5, 5.41) is 8.07. The molecule has 1 aromatic rings. The first-order valence-electron chi connectivity index (χ1n) is 7.28. The van der Waals surface area contributed by atoms with E-state index in [2.05, 4.69) is 16.0 Å². The highest BCUT2D eigenvalue weighted by atomic mass is 35.5. The Kier molecular flexibility index (Phi) is 8.53. The third-order valence-electron chi connectivity index (χ3n) is 3.26. The van der Waals surface area contributed by atoms with Crippen molar-refractivity contribution in [2.45, 2.75) is 18.9 Å². The Morgan fingerprint density at radius 1 is 1.17 bits per heavy atom. The van der Waals surface area contributed by atoms with E-state index in [1.165, 1.54) is 24.3 Å². The van der Waals surface area contributed by atoms with Crippen molar-refractivity contribution in [3.8, 4) is 0 Å². The van der Waals surface area contributed by atoms with Crippen LogP contribution in [0.15, 0.2) is 24.3 Å². The average molecular weight is 346 g/mol. The fourth-order valence-corrected chi connectivity index (χ4v) is 2.13. The molecule has 1 saturated heterocycles. The lowest BCUT2D eigenvalue weighted by Crippen LogP contribution is -2.40. The molecule has 0 radical (unpaired) electrons. The normalized spacial score (nSPS) is 16.5. The molecule has 1 heterocycles. The number of carbonyl (C=O) groups is 2. The Morgan fingerprint density at radius 3 is 2.57 bits per heavy atom. The maximum absolute atomic E-state index is 12.7. The number of rotatable bonds is 7. The van der Waals surface area contributed by atoms with Crippen molar-refractivity contribution in [1.82, 2.24) is 10.6 Å². The number of nitrogens with one attached hydrogen (secondary N) is 3. The SMILES string of the molecule is Cl.O=C(CNCC1CCCO1)NCC(=O)Nc1ccc(F)cc1. The lowest BCUT2D eigenvalue weighted by Gasteiger charge is -2.11. The zero-order chi connectivity index (χ0) is 15.8. The maximum atomic E-state index is 12.7. The van der Waals surface area contributed by atoms with Crippen molar-refractivity contribution < 1.29 is 18.7 Å². The molecule has 1 aliphatic rings. The number of halogens is 2. The third-order valence-corrected chi connectivity index (χ3v) is 3.26. The highest BCUT2D eigenvalue weighted by molar-refractivity contribution is 5.94. The molecule has 1 atom stereocenters. The van der Waals surface area contributed by atoms with E-state index in [0.717, 1.165) is 19.4 Å². The predicted octanol–water partition coefficient (Wildman–Crippen LogP) is 1.07. The van der Waals surface area contributed by atoms with E-state index >= 15 is 0 Å². The zero-order valence-corrected chi connectivity index (χ0v) is 13.5. The zero-order valence-electron chi connectivity index (χ0n) is 12.6. The molecule has 1 fully saturated rings. The Morgan fingerprint density at radius 2 is 1.91 bits per heavy atom. The second-order valence-corrected chi connectivity index (χ2v) is 5.10. The van der Waals surface area contributed by atoms with Crippen molar-refractivity contribution in [2.24, 2.45) is 0 Å². The second kappa shape index (κ2) is 10.1. The molecular formula is C15H21ClFN3O3. The summed E-state index contributed by atoms with van der Waals surface area (Å²) in [6.07, 6.45) is 2.24. The van der Waals surface area contributed by atoms with Crippen LogP contribution in [0.2, 0.25) is 0 Å². The fourth-order valence-electron chi connectivity index (χ4n) is 2.13. The molecule has 2 amide bonds. The second-order valence-electron chi connectivity index (χ2n) is 5.10. The minimum atomic E-state index is -0.372. The molecule has 6 nitrogen and oxygen atoms in total. The molecule has 0 aromatic heterocycles. The van der Waals surface area contributed by atoms with Crippen LogP contribution in [0, 0.1) is 5.82 Å². The summed E-state index contributed by atoms with van der Waals surface area (Å²) in [6.45, 7) is 1.43. The average Bonchev–Trinajstić information content (AvgIpc) is 3.01. The summed E-state index contributed by atoms with van der Waals surface area (Å²) in [4.78, 5) is 23.2. The predicted molar refractivity (Wildman–Crippen MR) is 87.1 cm³/mol. The van der Waals surface area contributed by atoms with Crippen LogP contribution in [0.4, 0.5) is 10.1 Å². The van der Waals surface area contributed by atoms with Gasteiger partial charge in [-0.25, -0.2) is 4.39 Å². The highest BCUT2D eigenvalue weighted by Crippen LogP contribution is 2.10. The van der Waals surface area contributed by atoms with E-state index in [0.29, 0.717) is 12.2 Å². The van der Waals surface area contributed by atoms with E-state index in [1.54, 1.807) is 0 Å². The number of carbonyl (C=O) groups excluding carboxylic acids is 2. The van der Waals surface area contributed by atoms with Crippen LogP contribution >= 0.6 is 12.4 Å². The van der Waals surface area contributed by atoms with Gasteiger partial charge in [-0.3, -0.25) is 9.59 Å². The Hall–Kier alpha value is -1.70. The largest absolute Gasteiger partial charge is 0.377 e. The molecule has 0 aliphatic carbocycles. The molecule has 23 heavy (non-hydrogen) atoms. The van der Waals surface area contributed by atoms with Crippen LogP contribution in [0.25, 0.3) is 0 Å². The summed E-state index contributed by atoms with van der Waals surface area (Å²) in [7, 11) is 0. The van der Waals surface area contributed by atoms with Gasteiger partial charge in [0.05, 0.1) is 19.2 Å². The van der Waals surface area contributed by atoms with Crippen LogP contribution in [-0.2, 0) is 14.3 Å². The molecule has 1 aliphatic heterocycles. The number of benzene rings is 1. The number of amides is 2. The number of hydrogen-bond donors (Lipinski definition) is 3. The molecule has 0 bridgehead atoms. The van der Waals surface area contributed by atoms with Gasteiger partial charge in [0.1, 0.15) is 5.82 Å². The van der Waals surface area contributed by atoms with Gasteiger partial charge in [-0.15, -0.1) is 12.4 Å². The van der Waals surface area contributed by atoms with Gasteiger partial charge in [0.25, 0.3) is 0 Å². The third kappa shape index (κ3) is 7.40. The van der Waals surface area contributed by atoms with E-state index < -0.39 is 0 Å². The van der Waals surface area contributed by atoms with E-state index in [1.807, 2.05) is 0 Å². The molecule has 8 heteroatoms.